The first kappa shape index (κ1) is 27.0. The van der Waals surface area contributed by atoms with Crippen molar-refractivity contribution in [3.8, 4) is 11.4 Å². The van der Waals surface area contributed by atoms with Crippen molar-refractivity contribution in [3.63, 3.8) is 0 Å². The first-order valence-corrected chi connectivity index (χ1v) is 14.2. The van der Waals surface area contributed by atoms with Crippen molar-refractivity contribution in [1.29, 1.82) is 0 Å². The summed E-state index contributed by atoms with van der Waals surface area (Å²) in [6.45, 7) is 8.75. The molecular formula is C30H39N7O2. The van der Waals surface area contributed by atoms with Crippen LogP contribution in [0.5, 0.6) is 0 Å². The molecule has 0 bridgehead atoms. The van der Waals surface area contributed by atoms with Crippen LogP contribution in [-0.4, -0.2) is 41.8 Å². The summed E-state index contributed by atoms with van der Waals surface area (Å²) in [5.74, 6) is 1.29. The number of aromatic amines is 1. The molecule has 39 heavy (non-hydrogen) atoms. The molecule has 0 amide bonds. The van der Waals surface area contributed by atoms with E-state index in [1.807, 2.05) is 33.7 Å². The highest BCUT2D eigenvalue weighted by atomic mass is 16.2. The maximum Gasteiger partial charge on any atom is 0.328 e. The SMILES string of the molecule is CCCCc1cn(C2C(C(C)=O)CCC2C(C)C)c(=O)n1CC1(c2cccc(-c3nn[nH]n3)c2)C=CN=CC1. The number of H-pyrrole nitrogens is 1. The number of aromatic nitrogens is 6. The summed E-state index contributed by atoms with van der Waals surface area (Å²) >= 11 is 0. The number of Topliss-reactive ketones (excluding diaryl/α,β-unsaturated/α-hetero) is 1. The van der Waals surface area contributed by atoms with E-state index in [-0.39, 0.29) is 23.4 Å². The molecule has 1 aliphatic heterocycles. The zero-order valence-corrected chi connectivity index (χ0v) is 23.4. The molecule has 9 heteroatoms. The first-order chi connectivity index (χ1) is 18.8. The average Bonchev–Trinajstić information content (AvgIpc) is 3.68. The quantitative estimate of drug-likeness (QED) is 0.401. The molecular weight excluding hydrogens is 490 g/mol. The maximum atomic E-state index is 14.3. The highest BCUT2D eigenvalue weighted by molar-refractivity contribution is 5.79. The van der Waals surface area contributed by atoms with Gasteiger partial charge in [0.15, 0.2) is 0 Å². The number of unbranched alkanes of at least 4 members (excludes halogenated alkanes) is 1. The van der Waals surface area contributed by atoms with Gasteiger partial charge in [-0.05, 0) is 67.7 Å². The topological polar surface area (TPSA) is 111 Å². The molecule has 1 saturated carbocycles. The molecule has 1 fully saturated rings. The van der Waals surface area contributed by atoms with Gasteiger partial charge in [-0.15, -0.1) is 10.2 Å². The Morgan fingerprint density at radius 2 is 2.10 bits per heavy atom. The predicted molar refractivity (Wildman–Crippen MR) is 152 cm³/mol. The van der Waals surface area contributed by atoms with E-state index < -0.39 is 5.41 Å². The van der Waals surface area contributed by atoms with E-state index in [9.17, 15) is 9.59 Å². The van der Waals surface area contributed by atoms with Crippen molar-refractivity contribution in [3.05, 3.63) is 64.5 Å². The molecule has 1 aliphatic carbocycles. The third-order valence-electron chi connectivity index (χ3n) is 8.76. The molecule has 0 spiro atoms. The molecule has 4 unspecified atom stereocenters. The summed E-state index contributed by atoms with van der Waals surface area (Å²) in [5.41, 5.74) is 2.47. The molecule has 2 aromatic heterocycles. The summed E-state index contributed by atoms with van der Waals surface area (Å²) in [7, 11) is 0. The van der Waals surface area contributed by atoms with Gasteiger partial charge in [-0.2, -0.15) is 5.21 Å². The largest absolute Gasteiger partial charge is 0.328 e. The standard InChI is InChI=1S/C30H39N7O2/c1-5-6-10-24-18-36(27-25(20(2)3)11-12-26(27)21(4)38)29(39)37(24)19-30(13-15-31-16-14-30)23-9-7-8-22(17-23)28-32-34-35-33-28/h7-9,13,15-18,20,25-27H,5-6,10-12,14,19H2,1-4H3,(H,32,33,34,35). The van der Waals surface area contributed by atoms with Crippen LogP contribution in [0.1, 0.15) is 77.1 Å². The van der Waals surface area contributed by atoms with Crippen LogP contribution in [-0.2, 0) is 23.2 Å². The highest BCUT2D eigenvalue weighted by Gasteiger charge is 2.43. The third-order valence-corrected chi connectivity index (χ3v) is 8.76. The van der Waals surface area contributed by atoms with Gasteiger partial charge in [0.05, 0.1) is 6.04 Å². The number of nitrogens with one attached hydrogen (secondary N) is 1. The molecule has 4 atom stereocenters. The fraction of sp³-hybridized carbons (Fsp3) is 0.533. The van der Waals surface area contributed by atoms with E-state index in [1.165, 1.54) is 0 Å². The van der Waals surface area contributed by atoms with Gasteiger partial charge >= 0.3 is 5.69 Å². The minimum Gasteiger partial charge on any atom is -0.300 e. The molecule has 9 nitrogen and oxygen atoms in total. The number of ketones is 1. The second-order valence-electron chi connectivity index (χ2n) is 11.5. The summed E-state index contributed by atoms with van der Waals surface area (Å²) in [6, 6.07) is 8.04. The Hall–Kier alpha value is -3.62. The van der Waals surface area contributed by atoms with Crippen LogP contribution in [0.4, 0.5) is 0 Å². The number of rotatable bonds is 10. The van der Waals surface area contributed by atoms with Crippen molar-refractivity contribution < 1.29 is 4.79 Å². The summed E-state index contributed by atoms with van der Waals surface area (Å²) in [6.07, 6.45) is 13.3. The monoisotopic (exact) mass is 529 g/mol. The molecule has 0 saturated heterocycles. The highest BCUT2D eigenvalue weighted by Crippen LogP contribution is 2.45. The van der Waals surface area contributed by atoms with E-state index in [0.717, 1.165) is 48.9 Å². The lowest BCUT2D eigenvalue weighted by atomic mass is 9.76. The summed E-state index contributed by atoms with van der Waals surface area (Å²) < 4.78 is 3.88. The average molecular weight is 530 g/mol. The number of carbonyl (C=O) groups excluding carboxylic acids is 1. The Labute approximate surface area is 229 Å². The lowest BCUT2D eigenvalue weighted by Crippen LogP contribution is -2.39. The van der Waals surface area contributed by atoms with E-state index in [4.69, 9.17) is 0 Å². The van der Waals surface area contributed by atoms with Gasteiger partial charge in [-0.25, -0.2) is 4.79 Å². The number of allylic oxidation sites excluding steroid dienone is 1. The second-order valence-corrected chi connectivity index (χ2v) is 11.5. The van der Waals surface area contributed by atoms with Gasteiger partial charge < -0.3 is 0 Å². The third kappa shape index (κ3) is 5.18. The molecule has 3 aromatic rings. The van der Waals surface area contributed by atoms with Gasteiger partial charge in [-0.1, -0.05) is 51.5 Å². The fourth-order valence-corrected chi connectivity index (χ4v) is 6.56. The van der Waals surface area contributed by atoms with Gasteiger partial charge in [0.2, 0.25) is 5.82 Å². The Kier molecular flexibility index (Phi) is 7.77. The van der Waals surface area contributed by atoms with Crippen molar-refractivity contribution in [2.24, 2.45) is 22.7 Å². The Balaban J connectivity index is 1.60. The van der Waals surface area contributed by atoms with Gasteiger partial charge in [0.1, 0.15) is 5.78 Å². The van der Waals surface area contributed by atoms with Gasteiger partial charge in [-0.3, -0.25) is 18.9 Å². The molecule has 1 N–H and O–H groups in total. The molecule has 5 rings (SSSR count). The normalized spacial score (nSPS) is 24.6. The number of carbonyl (C=O) groups is 1. The number of aryl methyl sites for hydroxylation is 1. The van der Waals surface area contributed by atoms with Crippen molar-refractivity contribution in [2.75, 3.05) is 0 Å². The number of tetrazole rings is 1. The molecule has 1 aromatic carbocycles. The van der Waals surface area contributed by atoms with E-state index in [1.54, 1.807) is 6.92 Å². The molecule has 3 heterocycles. The van der Waals surface area contributed by atoms with Crippen molar-refractivity contribution >= 4 is 12.0 Å². The molecule has 2 aliphatic rings. The van der Waals surface area contributed by atoms with E-state index >= 15 is 0 Å². The number of imidazole rings is 1. The van der Waals surface area contributed by atoms with Crippen LogP contribution in [0.3, 0.4) is 0 Å². The van der Waals surface area contributed by atoms with Crippen LogP contribution in [0, 0.1) is 17.8 Å². The number of hydrogen-bond acceptors (Lipinski definition) is 6. The van der Waals surface area contributed by atoms with Gasteiger partial charge in [0, 0.05) is 47.7 Å². The first-order valence-electron chi connectivity index (χ1n) is 14.2. The second kappa shape index (κ2) is 11.2. The number of nitrogens with zero attached hydrogens (tertiary/aromatic N) is 6. The van der Waals surface area contributed by atoms with Crippen molar-refractivity contribution in [1.82, 2.24) is 29.8 Å². The lowest BCUT2D eigenvalue weighted by Gasteiger charge is -2.32. The zero-order chi connectivity index (χ0) is 27.6. The molecule has 0 radical (unpaired) electrons. The predicted octanol–water partition coefficient (Wildman–Crippen LogP) is 4.91. The van der Waals surface area contributed by atoms with Crippen LogP contribution < -0.4 is 5.69 Å². The van der Waals surface area contributed by atoms with Crippen LogP contribution in [0.2, 0.25) is 0 Å². The Morgan fingerprint density at radius 1 is 1.26 bits per heavy atom. The summed E-state index contributed by atoms with van der Waals surface area (Å²) in [4.78, 5) is 31.4. The van der Waals surface area contributed by atoms with E-state index in [0.29, 0.717) is 30.6 Å². The minimum atomic E-state index is -0.467. The van der Waals surface area contributed by atoms with Crippen molar-refractivity contribution in [2.45, 2.75) is 84.2 Å². The Morgan fingerprint density at radius 3 is 2.77 bits per heavy atom. The summed E-state index contributed by atoms with van der Waals surface area (Å²) in [5, 5.41) is 14.5. The van der Waals surface area contributed by atoms with Crippen LogP contribution >= 0.6 is 0 Å². The van der Waals surface area contributed by atoms with Crippen LogP contribution in [0.25, 0.3) is 11.4 Å². The number of aliphatic imine (C=N–C) groups is 1. The lowest BCUT2D eigenvalue weighted by molar-refractivity contribution is -0.121. The fourth-order valence-electron chi connectivity index (χ4n) is 6.56. The molecule has 206 valence electrons. The van der Waals surface area contributed by atoms with Gasteiger partial charge in [0.25, 0.3) is 0 Å². The number of benzene rings is 1. The van der Waals surface area contributed by atoms with E-state index in [2.05, 4.69) is 70.8 Å². The van der Waals surface area contributed by atoms with Crippen LogP contribution in [0.15, 0.2) is 52.5 Å². The smallest absolute Gasteiger partial charge is 0.300 e. The number of hydrogen-bond donors (Lipinski definition) is 1. The Bertz CT molecular complexity index is 1420. The minimum absolute atomic E-state index is 0.0190. The zero-order valence-electron chi connectivity index (χ0n) is 23.4. The maximum absolute atomic E-state index is 14.3.